The molecule has 0 bridgehead atoms. The second-order valence-electron chi connectivity index (χ2n) is 4.19. The molecular weight excluding hydrogens is 309 g/mol. The molecule has 0 unspecified atom stereocenters. The van der Waals surface area contributed by atoms with Gasteiger partial charge in [0.15, 0.2) is 0 Å². The topological polar surface area (TPSA) is 64.9 Å². The van der Waals surface area contributed by atoms with Gasteiger partial charge in [0.25, 0.3) is 0 Å². The minimum absolute atomic E-state index is 0.0381. The molecule has 0 aromatic heterocycles. The number of hydrogen-bond acceptors (Lipinski definition) is 3. The van der Waals surface area contributed by atoms with Crippen molar-refractivity contribution in [2.75, 3.05) is 17.2 Å². The van der Waals surface area contributed by atoms with Crippen LogP contribution in [0.1, 0.15) is 5.56 Å². The maximum atomic E-state index is 11.9. The fourth-order valence-corrected chi connectivity index (χ4v) is 2.17. The number of halogens is 2. The summed E-state index contributed by atoms with van der Waals surface area (Å²) in [5.74, 6) is -0.285. The number of hydrogen-bond donors (Lipinski definition) is 2. The van der Waals surface area contributed by atoms with Crippen LogP contribution < -0.4 is 10.6 Å². The first-order valence-corrected chi connectivity index (χ1v) is 6.83. The molecule has 0 aliphatic heterocycles. The number of anilines is 2. The van der Waals surface area contributed by atoms with Gasteiger partial charge in [-0.15, -0.1) is 0 Å². The van der Waals surface area contributed by atoms with Crippen molar-refractivity contribution in [2.24, 2.45) is 0 Å². The zero-order valence-electron chi connectivity index (χ0n) is 10.9. The molecule has 106 valence electrons. The van der Waals surface area contributed by atoms with Gasteiger partial charge in [-0.1, -0.05) is 35.3 Å². The van der Waals surface area contributed by atoms with Gasteiger partial charge in [-0.2, -0.15) is 5.26 Å². The maximum Gasteiger partial charge on any atom is 0.243 e. The van der Waals surface area contributed by atoms with E-state index in [9.17, 15) is 4.79 Å². The summed E-state index contributed by atoms with van der Waals surface area (Å²) in [6.07, 6.45) is 0. The number of amides is 1. The molecule has 2 aromatic rings. The van der Waals surface area contributed by atoms with E-state index in [1.165, 1.54) is 0 Å². The van der Waals surface area contributed by atoms with Crippen molar-refractivity contribution < 1.29 is 4.79 Å². The fraction of sp³-hybridized carbons (Fsp3) is 0.0667. The number of nitrogens with one attached hydrogen (secondary N) is 2. The van der Waals surface area contributed by atoms with E-state index >= 15 is 0 Å². The lowest BCUT2D eigenvalue weighted by atomic mass is 10.2. The smallest absolute Gasteiger partial charge is 0.243 e. The monoisotopic (exact) mass is 319 g/mol. The van der Waals surface area contributed by atoms with Crippen LogP contribution in [0.2, 0.25) is 10.0 Å². The number of carbonyl (C=O) groups is 1. The van der Waals surface area contributed by atoms with Gasteiger partial charge < -0.3 is 10.6 Å². The van der Waals surface area contributed by atoms with Gasteiger partial charge in [0, 0.05) is 5.69 Å². The maximum absolute atomic E-state index is 11.9. The highest BCUT2D eigenvalue weighted by Crippen LogP contribution is 2.29. The molecule has 2 rings (SSSR count). The minimum Gasteiger partial charge on any atom is -0.376 e. The van der Waals surface area contributed by atoms with E-state index < -0.39 is 0 Å². The number of carbonyl (C=O) groups excluding carboxylic acids is 1. The van der Waals surface area contributed by atoms with Gasteiger partial charge in [0.2, 0.25) is 5.91 Å². The number of rotatable bonds is 4. The van der Waals surface area contributed by atoms with Crippen molar-refractivity contribution >= 4 is 40.5 Å². The highest BCUT2D eigenvalue weighted by Gasteiger charge is 2.09. The summed E-state index contributed by atoms with van der Waals surface area (Å²) >= 11 is 11.9. The minimum atomic E-state index is -0.285. The second kappa shape index (κ2) is 6.98. The number of nitriles is 1. The zero-order valence-corrected chi connectivity index (χ0v) is 12.4. The van der Waals surface area contributed by atoms with Gasteiger partial charge in [-0.3, -0.25) is 4.79 Å². The van der Waals surface area contributed by atoms with Crippen molar-refractivity contribution in [3.05, 3.63) is 58.1 Å². The lowest BCUT2D eigenvalue weighted by molar-refractivity contribution is -0.114. The van der Waals surface area contributed by atoms with Crippen LogP contribution in [0.3, 0.4) is 0 Å². The van der Waals surface area contributed by atoms with Gasteiger partial charge >= 0.3 is 0 Å². The van der Waals surface area contributed by atoms with E-state index in [1.807, 2.05) is 6.07 Å². The van der Waals surface area contributed by atoms with Crippen molar-refractivity contribution in [2.45, 2.75) is 0 Å². The molecule has 0 heterocycles. The molecule has 0 spiro atoms. The molecule has 0 fully saturated rings. The number of benzene rings is 2. The van der Waals surface area contributed by atoms with E-state index in [0.29, 0.717) is 27.0 Å². The molecule has 0 atom stereocenters. The number of nitrogens with zero attached hydrogens (tertiary/aromatic N) is 1. The zero-order chi connectivity index (χ0) is 15.2. The van der Waals surface area contributed by atoms with E-state index in [0.717, 1.165) is 0 Å². The van der Waals surface area contributed by atoms with Gasteiger partial charge in [0.05, 0.1) is 33.9 Å². The first-order valence-electron chi connectivity index (χ1n) is 6.08. The predicted octanol–water partition coefficient (Wildman–Crippen LogP) is 3.92. The fourth-order valence-electron chi connectivity index (χ4n) is 1.68. The van der Waals surface area contributed by atoms with E-state index in [4.69, 9.17) is 28.5 Å². The molecule has 1 amide bonds. The normalized spacial score (nSPS) is 9.76. The van der Waals surface area contributed by atoms with Crippen molar-refractivity contribution in [1.82, 2.24) is 0 Å². The third-order valence-corrected chi connectivity index (χ3v) is 3.30. The SMILES string of the molecule is N#Cc1cccc(NCC(=O)Nc2c(Cl)cccc2Cl)c1. The Bertz CT molecular complexity index is 690. The standard InChI is InChI=1S/C15H11Cl2N3O/c16-12-5-2-6-13(17)15(12)20-14(21)9-19-11-4-1-3-10(7-11)8-18/h1-7,19H,9H2,(H,20,21). The van der Waals surface area contributed by atoms with E-state index in [1.54, 1.807) is 42.5 Å². The molecular formula is C15H11Cl2N3O. The third-order valence-electron chi connectivity index (χ3n) is 2.67. The molecule has 0 radical (unpaired) electrons. The Kier molecular flexibility index (Phi) is 5.04. The molecule has 0 saturated carbocycles. The van der Waals surface area contributed by atoms with Crippen LogP contribution in [0, 0.1) is 11.3 Å². The highest BCUT2D eigenvalue weighted by atomic mass is 35.5. The molecule has 0 aliphatic carbocycles. The number of para-hydroxylation sites is 1. The third kappa shape index (κ3) is 4.12. The average molecular weight is 320 g/mol. The molecule has 21 heavy (non-hydrogen) atoms. The molecule has 4 nitrogen and oxygen atoms in total. The summed E-state index contributed by atoms with van der Waals surface area (Å²) in [5, 5.41) is 15.1. The lowest BCUT2D eigenvalue weighted by Crippen LogP contribution is -2.22. The molecule has 6 heteroatoms. The van der Waals surface area contributed by atoms with Crippen LogP contribution in [0.5, 0.6) is 0 Å². The first kappa shape index (κ1) is 15.2. The van der Waals surface area contributed by atoms with Crippen LogP contribution in [-0.2, 0) is 4.79 Å². The van der Waals surface area contributed by atoms with E-state index in [2.05, 4.69) is 10.6 Å². The van der Waals surface area contributed by atoms with Crippen molar-refractivity contribution in [1.29, 1.82) is 5.26 Å². The van der Waals surface area contributed by atoms with Crippen LogP contribution >= 0.6 is 23.2 Å². The largest absolute Gasteiger partial charge is 0.376 e. The summed E-state index contributed by atoms with van der Waals surface area (Å²) in [5.41, 5.74) is 1.60. The van der Waals surface area contributed by atoms with Gasteiger partial charge in [-0.05, 0) is 30.3 Å². The molecule has 0 saturated heterocycles. The van der Waals surface area contributed by atoms with Crippen LogP contribution in [0.15, 0.2) is 42.5 Å². The Balaban J connectivity index is 1.98. The quantitative estimate of drug-likeness (QED) is 0.897. The Morgan fingerprint density at radius 1 is 1.14 bits per heavy atom. The molecule has 2 aromatic carbocycles. The first-order chi connectivity index (χ1) is 10.1. The Morgan fingerprint density at radius 2 is 1.81 bits per heavy atom. The summed E-state index contributed by atoms with van der Waals surface area (Å²) in [4.78, 5) is 11.9. The second-order valence-corrected chi connectivity index (χ2v) is 5.01. The van der Waals surface area contributed by atoms with Crippen molar-refractivity contribution in [3.8, 4) is 6.07 Å². The van der Waals surface area contributed by atoms with Crippen LogP contribution in [0.25, 0.3) is 0 Å². The summed E-state index contributed by atoms with van der Waals surface area (Å²) < 4.78 is 0. The predicted molar refractivity (Wildman–Crippen MR) is 84.7 cm³/mol. The Labute approximate surface area is 132 Å². The molecule has 0 aliphatic rings. The van der Waals surface area contributed by atoms with Crippen LogP contribution in [-0.4, -0.2) is 12.5 Å². The van der Waals surface area contributed by atoms with Gasteiger partial charge in [0.1, 0.15) is 0 Å². The highest BCUT2D eigenvalue weighted by molar-refractivity contribution is 6.39. The van der Waals surface area contributed by atoms with Crippen LogP contribution in [0.4, 0.5) is 11.4 Å². The average Bonchev–Trinajstić information content (AvgIpc) is 2.49. The Morgan fingerprint density at radius 3 is 2.48 bits per heavy atom. The summed E-state index contributed by atoms with van der Waals surface area (Å²) in [6, 6.07) is 13.9. The lowest BCUT2D eigenvalue weighted by Gasteiger charge is -2.10. The van der Waals surface area contributed by atoms with Gasteiger partial charge in [-0.25, -0.2) is 0 Å². The molecule has 2 N–H and O–H groups in total. The summed E-state index contributed by atoms with van der Waals surface area (Å²) in [6.45, 7) is 0.0381. The van der Waals surface area contributed by atoms with Crippen molar-refractivity contribution in [3.63, 3.8) is 0 Å². The van der Waals surface area contributed by atoms with E-state index in [-0.39, 0.29) is 12.5 Å². The summed E-state index contributed by atoms with van der Waals surface area (Å²) in [7, 11) is 0. The Hall–Kier alpha value is -2.22.